The number of piperidine rings is 1. The van der Waals surface area contributed by atoms with Crippen LogP contribution in [0.25, 0.3) is 11.1 Å². The van der Waals surface area contributed by atoms with Gasteiger partial charge in [-0.05, 0) is 45.7 Å². The number of aryl methyl sites for hydroxylation is 1. The van der Waals surface area contributed by atoms with Crippen molar-refractivity contribution in [3.63, 3.8) is 0 Å². The van der Waals surface area contributed by atoms with Gasteiger partial charge in [0.15, 0.2) is 5.58 Å². The molecule has 0 bridgehead atoms. The molecule has 0 radical (unpaired) electrons. The number of likely N-dealkylation sites (tertiary alicyclic amines) is 1. The van der Waals surface area contributed by atoms with Crippen LogP contribution in [0, 0.1) is 5.41 Å². The largest absolute Gasteiger partial charge is 0.444 e. The first-order chi connectivity index (χ1) is 12.7. The normalized spacial score (nSPS) is 19.4. The van der Waals surface area contributed by atoms with Gasteiger partial charge in [0.2, 0.25) is 0 Å². The van der Waals surface area contributed by atoms with Gasteiger partial charge in [-0.1, -0.05) is 0 Å². The maximum Gasteiger partial charge on any atom is 0.419 e. The summed E-state index contributed by atoms with van der Waals surface area (Å²) in [4.78, 5) is 28.0. The molecule has 2 saturated heterocycles. The highest BCUT2D eigenvalue weighted by atomic mass is 16.6. The number of nitrogens with zero attached hydrogens (tertiary/aromatic N) is 3. The van der Waals surface area contributed by atoms with Crippen molar-refractivity contribution >= 4 is 22.9 Å². The number of amides is 1. The lowest BCUT2D eigenvalue weighted by atomic mass is 9.72. The van der Waals surface area contributed by atoms with Crippen molar-refractivity contribution in [3.8, 4) is 0 Å². The van der Waals surface area contributed by atoms with Gasteiger partial charge in [0.1, 0.15) is 5.60 Å². The van der Waals surface area contributed by atoms with Gasteiger partial charge in [0, 0.05) is 50.4 Å². The molecule has 2 fully saturated rings. The van der Waals surface area contributed by atoms with Crippen LogP contribution in [0.15, 0.2) is 27.4 Å². The number of aromatic nitrogens is 1. The first-order valence-electron chi connectivity index (χ1n) is 9.48. The Labute approximate surface area is 158 Å². The van der Waals surface area contributed by atoms with Crippen LogP contribution in [0.5, 0.6) is 0 Å². The summed E-state index contributed by atoms with van der Waals surface area (Å²) in [6.45, 7) is 9.11. The molecular formula is C20H27N3O4. The number of anilines is 1. The second-order valence-electron chi connectivity index (χ2n) is 8.90. The summed E-state index contributed by atoms with van der Waals surface area (Å²) >= 11 is 0. The summed E-state index contributed by atoms with van der Waals surface area (Å²) in [6.07, 6.45) is 1.88. The zero-order valence-corrected chi connectivity index (χ0v) is 16.4. The van der Waals surface area contributed by atoms with E-state index in [0.717, 1.165) is 50.2 Å². The molecule has 7 heteroatoms. The van der Waals surface area contributed by atoms with Crippen LogP contribution >= 0.6 is 0 Å². The Balaban J connectivity index is 1.37. The molecule has 1 amide bonds. The molecule has 2 aliphatic heterocycles. The smallest absolute Gasteiger partial charge is 0.419 e. The lowest BCUT2D eigenvalue weighted by molar-refractivity contribution is -0.0434. The fourth-order valence-corrected chi connectivity index (χ4v) is 4.09. The van der Waals surface area contributed by atoms with Crippen molar-refractivity contribution in [1.29, 1.82) is 0 Å². The lowest BCUT2D eigenvalue weighted by Crippen LogP contribution is -2.62. The SMILES string of the molecule is Cn1c(=O)oc2cc(N3CCC4(CC3)CN(C(=O)OC(C)(C)C)C4)ccc21. The first kappa shape index (κ1) is 17.9. The first-order valence-corrected chi connectivity index (χ1v) is 9.48. The van der Waals surface area contributed by atoms with Gasteiger partial charge in [0.25, 0.3) is 0 Å². The third-order valence-electron chi connectivity index (χ3n) is 5.67. The molecule has 27 heavy (non-hydrogen) atoms. The highest BCUT2D eigenvalue weighted by Crippen LogP contribution is 2.42. The molecule has 1 aromatic carbocycles. The molecule has 2 aliphatic rings. The molecule has 0 saturated carbocycles. The predicted octanol–water partition coefficient (Wildman–Crippen LogP) is 2.97. The van der Waals surface area contributed by atoms with E-state index < -0.39 is 5.60 Å². The van der Waals surface area contributed by atoms with Crippen molar-refractivity contribution in [3.05, 3.63) is 28.7 Å². The van der Waals surface area contributed by atoms with Gasteiger partial charge in [-0.3, -0.25) is 4.57 Å². The predicted molar refractivity (Wildman–Crippen MR) is 103 cm³/mol. The number of carbonyl (C=O) groups is 1. The van der Waals surface area contributed by atoms with Gasteiger partial charge >= 0.3 is 11.8 Å². The van der Waals surface area contributed by atoms with Gasteiger partial charge in [-0.15, -0.1) is 0 Å². The number of rotatable bonds is 1. The monoisotopic (exact) mass is 373 g/mol. The number of carbonyl (C=O) groups excluding carboxylic acids is 1. The summed E-state index contributed by atoms with van der Waals surface area (Å²) in [5, 5.41) is 0. The molecule has 0 atom stereocenters. The van der Waals surface area contributed by atoms with E-state index in [-0.39, 0.29) is 17.3 Å². The molecule has 7 nitrogen and oxygen atoms in total. The summed E-state index contributed by atoms with van der Waals surface area (Å²) in [5.41, 5.74) is 2.28. The maximum atomic E-state index is 12.2. The number of hydrogen-bond donors (Lipinski definition) is 0. The fraction of sp³-hybridized carbons (Fsp3) is 0.600. The van der Waals surface area contributed by atoms with Crippen molar-refractivity contribution in [2.45, 2.75) is 39.2 Å². The Morgan fingerprint density at radius 2 is 1.85 bits per heavy atom. The van der Waals surface area contributed by atoms with Crippen molar-refractivity contribution in [1.82, 2.24) is 9.47 Å². The van der Waals surface area contributed by atoms with E-state index in [0.29, 0.717) is 5.58 Å². The minimum Gasteiger partial charge on any atom is -0.444 e. The van der Waals surface area contributed by atoms with Crippen molar-refractivity contribution < 1.29 is 13.9 Å². The number of oxazole rings is 1. The summed E-state index contributed by atoms with van der Waals surface area (Å²) in [5.74, 6) is -0.337. The quantitative estimate of drug-likeness (QED) is 0.769. The van der Waals surface area contributed by atoms with Crippen molar-refractivity contribution in [2.75, 3.05) is 31.1 Å². The third kappa shape index (κ3) is 3.31. The van der Waals surface area contributed by atoms with Crippen LogP contribution in [-0.4, -0.2) is 47.3 Å². The Morgan fingerprint density at radius 1 is 1.19 bits per heavy atom. The average molecular weight is 373 g/mol. The molecule has 3 heterocycles. The molecule has 0 unspecified atom stereocenters. The highest BCUT2D eigenvalue weighted by molar-refractivity contribution is 5.77. The lowest BCUT2D eigenvalue weighted by Gasteiger charge is -2.54. The molecule has 146 valence electrons. The Kier molecular flexibility index (Phi) is 4.01. The van der Waals surface area contributed by atoms with Gasteiger partial charge in [0.05, 0.1) is 5.52 Å². The summed E-state index contributed by atoms with van der Waals surface area (Å²) < 4.78 is 12.3. The highest BCUT2D eigenvalue weighted by Gasteiger charge is 2.47. The second-order valence-corrected chi connectivity index (χ2v) is 8.90. The van der Waals surface area contributed by atoms with Gasteiger partial charge in [-0.25, -0.2) is 9.59 Å². The standard InChI is InChI=1S/C20H27N3O4/c1-19(2,3)27-18(25)23-12-20(13-23)7-9-22(10-8-20)14-5-6-15-16(11-14)26-17(24)21(15)4/h5-6,11H,7-10,12-13H2,1-4H3. The van der Waals surface area contributed by atoms with E-state index in [9.17, 15) is 9.59 Å². The zero-order valence-electron chi connectivity index (χ0n) is 16.4. The van der Waals surface area contributed by atoms with Crippen LogP contribution < -0.4 is 10.7 Å². The average Bonchev–Trinajstić information content (AvgIpc) is 2.85. The minimum absolute atomic E-state index is 0.208. The number of hydrogen-bond acceptors (Lipinski definition) is 5. The van der Waals surface area contributed by atoms with Gasteiger partial charge in [-0.2, -0.15) is 0 Å². The summed E-state index contributed by atoms with van der Waals surface area (Å²) in [6, 6.07) is 5.93. The van der Waals surface area contributed by atoms with E-state index in [1.807, 2.05) is 43.9 Å². The Bertz CT molecular complexity index is 921. The topological polar surface area (TPSA) is 67.9 Å². The third-order valence-corrected chi connectivity index (χ3v) is 5.67. The fourth-order valence-electron chi connectivity index (χ4n) is 4.09. The molecule has 4 rings (SSSR count). The second kappa shape index (κ2) is 6.04. The van der Waals surface area contributed by atoms with Crippen molar-refractivity contribution in [2.24, 2.45) is 12.5 Å². The van der Waals surface area contributed by atoms with E-state index in [2.05, 4.69) is 4.90 Å². The number of benzene rings is 1. The van der Waals surface area contributed by atoms with Crippen LogP contribution in [0.2, 0.25) is 0 Å². The number of fused-ring (bicyclic) bond motifs is 1. The Morgan fingerprint density at radius 3 is 2.48 bits per heavy atom. The van der Waals surface area contributed by atoms with Gasteiger partial charge < -0.3 is 19.0 Å². The van der Waals surface area contributed by atoms with E-state index in [4.69, 9.17) is 9.15 Å². The molecule has 1 aromatic heterocycles. The van der Waals surface area contributed by atoms with Crippen LogP contribution in [0.1, 0.15) is 33.6 Å². The molecule has 2 aromatic rings. The van der Waals surface area contributed by atoms with E-state index in [1.165, 1.54) is 4.57 Å². The number of ether oxygens (including phenoxy) is 1. The molecule has 0 N–H and O–H groups in total. The zero-order chi connectivity index (χ0) is 19.4. The van der Waals surface area contributed by atoms with Crippen LogP contribution in [-0.2, 0) is 11.8 Å². The Hall–Kier alpha value is -2.44. The van der Waals surface area contributed by atoms with E-state index >= 15 is 0 Å². The molecule has 0 aliphatic carbocycles. The maximum absolute atomic E-state index is 12.2. The van der Waals surface area contributed by atoms with Crippen LogP contribution in [0.4, 0.5) is 10.5 Å². The molecule has 1 spiro atoms. The van der Waals surface area contributed by atoms with Crippen LogP contribution in [0.3, 0.4) is 0 Å². The summed E-state index contributed by atoms with van der Waals surface area (Å²) in [7, 11) is 1.71. The minimum atomic E-state index is -0.450. The van der Waals surface area contributed by atoms with E-state index in [1.54, 1.807) is 7.05 Å². The molecular weight excluding hydrogens is 346 g/mol.